The van der Waals surface area contributed by atoms with Gasteiger partial charge >= 0.3 is 0 Å². The van der Waals surface area contributed by atoms with Crippen LogP contribution in [0, 0.1) is 0 Å². The van der Waals surface area contributed by atoms with Crippen molar-refractivity contribution in [1.29, 1.82) is 0 Å². The van der Waals surface area contributed by atoms with Crippen LogP contribution in [0.5, 0.6) is 0 Å². The van der Waals surface area contributed by atoms with E-state index in [0.29, 0.717) is 5.92 Å². The van der Waals surface area contributed by atoms with E-state index < -0.39 is 0 Å². The summed E-state index contributed by atoms with van der Waals surface area (Å²) < 4.78 is 4.33. The van der Waals surface area contributed by atoms with Crippen molar-refractivity contribution >= 4 is 16.3 Å². The Balaban J connectivity index is 1.52. The Hall–Kier alpha value is -1.59. The first kappa shape index (κ1) is 12.2. The Morgan fingerprint density at radius 3 is 3.00 bits per heavy atom. The van der Waals surface area contributed by atoms with Gasteiger partial charge in [-0.15, -0.1) is 11.3 Å². The molecule has 1 aliphatic carbocycles. The van der Waals surface area contributed by atoms with Gasteiger partial charge in [-0.1, -0.05) is 0 Å². The van der Waals surface area contributed by atoms with Crippen molar-refractivity contribution in [3.63, 3.8) is 0 Å². The Morgan fingerprint density at radius 2 is 2.25 bits per heavy atom. The molecule has 0 saturated heterocycles. The van der Waals surface area contributed by atoms with E-state index in [1.54, 1.807) is 11.3 Å². The topological polar surface area (TPSA) is 34.3 Å². The minimum Gasteiger partial charge on any atom is -0.357 e. The third-order valence-electron chi connectivity index (χ3n) is 3.87. The minimum atomic E-state index is 0.704. The van der Waals surface area contributed by atoms with Crippen LogP contribution in [0.25, 0.3) is 4.96 Å². The van der Waals surface area contributed by atoms with Crippen LogP contribution in [0.3, 0.4) is 0 Å². The number of aromatic nitrogens is 3. The predicted molar refractivity (Wildman–Crippen MR) is 81.0 cm³/mol. The Labute approximate surface area is 122 Å². The molecule has 0 unspecified atom stereocenters. The van der Waals surface area contributed by atoms with Crippen LogP contribution < -0.4 is 5.32 Å². The van der Waals surface area contributed by atoms with Gasteiger partial charge in [0.25, 0.3) is 0 Å². The first-order valence-electron chi connectivity index (χ1n) is 7.07. The van der Waals surface area contributed by atoms with E-state index in [9.17, 15) is 0 Å². The highest BCUT2D eigenvalue weighted by molar-refractivity contribution is 7.15. The largest absolute Gasteiger partial charge is 0.357 e. The van der Waals surface area contributed by atoms with Crippen molar-refractivity contribution < 1.29 is 0 Å². The standard InChI is InChI=1S/C15H18N4S/c1-18-5-4-11(10-18)8-16-9-13-14(12-2-3-12)17-15-19(13)6-7-20-15/h4-7,10,12,16H,2-3,8-9H2,1H3. The predicted octanol–water partition coefficient (Wildman–Crippen LogP) is 2.90. The normalized spacial score (nSPS) is 15.2. The number of nitrogens with zero attached hydrogens (tertiary/aromatic N) is 3. The number of fused-ring (bicyclic) bond motifs is 1. The van der Waals surface area contributed by atoms with Crippen molar-refractivity contribution in [3.8, 4) is 0 Å². The second kappa shape index (κ2) is 4.75. The van der Waals surface area contributed by atoms with Gasteiger partial charge in [0.15, 0.2) is 4.96 Å². The molecule has 1 saturated carbocycles. The average Bonchev–Trinajstić information content (AvgIpc) is 2.88. The maximum absolute atomic E-state index is 4.80. The summed E-state index contributed by atoms with van der Waals surface area (Å²) in [5.41, 5.74) is 3.99. The summed E-state index contributed by atoms with van der Waals surface area (Å²) >= 11 is 1.72. The summed E-state index contributed by atoms with van der Waals surface area (Å²) in [4.78, 5) is 5.93. The van der Waals surface area contributed by atoms with Crippen molar-refractivity contribution in [2.45, 2.75) is 31.8 Å². The molecule has 3 aromatic heterocycles. The van der Waals surface area contributed by atoms with Crippen molar-refractivity contribution in [3.05, 3.63) is 47.0 Å². The SMILES string of the molecule is Cn1ccc(CNCc2c(C3CC3)nc3sccn23)c1. The van der Waals surface area contributed by atoms with Gasteiger partial charge in [-0.3, -0.25) is 4.40 Å². The number of imidazole rings is 1. The average molecular weight is 286 g/mol. The lowest BCUT2D eigenvalue weighted by Crippen LogP contribution is -2.14. The van der Waals surface area contributed by atoms with Crippen LogP contribution in [-0.2, 0) is 20.1 Å². The lowest BCUT2D eigenvalue weighted by molar-refractivity contribution is 0.668. The fourth-order valence-electron chi connectivity index (χ4n) is 2.70. The summed E-state index contributed by atoms with van der Waals surface area (Å²) in [5, 5.41) is 5.66. The molecular weight excluding hydrogens is 268 g/mol. The van der Waals surface area contributed by atoms with Gasteiger partial charge < -0.3 is 9.88 Å². The van der Waals surface area contributed by atoms with E-state index in [1.165, 1.54) is 29.8 Å². The second-order valence-corrected chi connectivity index (χ2v) is 6.44. The number of nitrogens with one attached hydrogen (secondary N) is 1. The molecule has 104 valence electrons. The van der Waals surface area contributed by atoms with E-state index in [0.717, 1.165) is 18.1 Å². The highest BCUT2D eigenvalue weighted by Gasteiger charge is 2.30. The zero-order valence-electron chi connectivity index (χ0n) is 11.5. The van der Waals surface area contributed by atoms with Gasteiger partial charge in [0.1, 0.15) is 0 Å². The van der Waals surface area contributed by atoms with Crippen LogP contribution in [-0.4, -0.2) is 14.0 Å². The molecule has 3 heterocycles. The summed E-state index contributed by atoms with van der Waals surface area (Å²) in [6.07, 6.45) is 8.99. The van der Waals surface area contributed by atoms with E-state index in [1.807, 2.05) is 0 Å². The molecule has 0 aromatic carbocycles. The molecule has 0 atom stereocenters. The van der Waals surface area contributed by atoms with Crippen molar-refractivity contribution in [1.82, 2.24) is 19.3 Å². The number of rotatable bonds is 5. The maximum atomic E-state index is 4.80. The molecule has 5 heteroatoms. The van der Waals surface area contributed by atoms with E-state index in [4.69, 9.17) is 4.98 Å². The van der Waals surface area contributed by atoms with Gasteiger partial charge in [0, 0.05) is 50.0 Å². The number of hydrogen-bond acceptors (Lipinski definition) is 3. The summed E-state index contributed by atoms with van der Waals surface area (Å²) in [5.74, 6) is 0.704. The van der Waals surface area contributed by atoms with Crippen LogP contribution in [0.2, 0.25) is 0 Å². The quantitative estimate of drug-likeness (QED) is 0.782. The monoisotopic (exact) mass is 286 g/mol. The minimum absolute atomic E-state index is 0.704. The van der Waals surface area contributed by atoms with Gasteiger partial charge in [-0.2, -0.15) is 0 Å². The molecule has 0 bridgehead atoms. The molecule has 1 aliphatic rings. The van der Waals surface area contributed by atoms with Crippen molar-refractivity contribution in [2.75, 3.05) is 0 Å². The number of thiazole rings is 1. The first-order valence-corrected chi connectivity index (χ1v) is 7.95. The Bertz CT molecular complexity index is 732. The fraction of sp³-hybridized carbons (Fsp3) is 0.400. The van der Waals surface area contributed by atoms with Crippen LogP contribution in [0.4, 0.5) is 0 Å². The summed E-state index contributed by atoms with van der Waals surface area (Å²) in [7, 11) is 2.06. The molecule has 1 fully saturated rings. The van der Waals surface area contributed by atoms with E-state index in [-0.39, 0.29) is 0 Å². The Morgan fingerprint density at radius 1 is 1.35 bits per heavy atom. The van der Waals surface area contributed by atoms with Crippen molar-refractivity contribution in [2.24, 2.45) is 7.05 Å². The van der Waals surface area contributed by atoms with Gasteiger partial charge in [0.2, 0.25) is 0 Å². The third-order valence-corrected chi connectivity index (χ3v) is 4.63. The van der Waals surface area contributed by atoms with Crippen LogP contribution >= 0.6 is 11.3 Å². The maximum Gasteiger partial charge on any atom is 0.194 e. The molecular formula is C15H18N4S. The third kappa shape index (κ3) is 2.17. The van der Waals surface area contributed by atoms with Crippen LogP contribution in [0.15, 0.2) is 30.0 Å². The Kier molecular flexibility index (Phi) is 2.89. The molecule has 3 aromatic rings. The fourth-order valence-corrected chi connectivity index (χ4v) is 3.44. The first-order chi connectivity index (χ1) is 9.81. The number of hydrogen-bond donors (Lipinski definition) is 1. The molecule has 4 rings (SSSR count). The highest BCUT2D eigenvalue weighted by atomic mass is 32.1. The zero-order chi connectivity index (χ0) is 13.5. The van der Waals surface area contributed by atoms with Gasteiger partial charge in [-0.25, -0.2) is 4.98 Å². The summed E-state index contributed by atoms with van der Waals surface area (Å²) in [6, 6.07) is 2.16. The van der Waals surface area contributed by atoms with E-state index in [2.05, 4.69) is 51.4 Å². The van der Waals surface area contributed by atoms with Crippen LogP contribution in [0.1, 0.15) is 35.7 Å². The van der Waals surface area contributed by atoms with E-state index >= 15 is 0 Å². The molecule has 1 N–H and O–H groups in total. The van der Waals surface area contributed by atoms with Gasteiger partial charge in [-0.05, 0) is 24.5 Å². The summed E-state index contributed by atoms with van der Waals surface area (Å²) in [6.45, 7) is 1.79. The lowest BCUT2D eigenvalue weighted by atomic mass is 10.2. The van der Waals surface area contributed by atoms with Gasteiger partial charge in [0.05, 0.1) is 11.4 Å². The number of aryl methyl sites for hydroxylation is 1. The zero-order valence-corrected chi connectivity index (χ0v) is 12.4. The molecule has 0 aliphatic heterocycles. The molecule has 20 heavy (non-hydrogen) atoms. The second-order valence-electron chi connectivity index (χ2n) is 5.56. The molecule has 4 nitrogen and oxygen atoms in total. The highest BCUT2D eigenvalue weighted by Crippen LogP contribution is 2.41. The molecule has 0 radical (unpaired) electrons. The lowest BCUT2D eigenvalue weighted by Gasteiger charge is -2.05. The molecule has 0 spiro atoms. The smallest absolute Gasteiger partial charge is 0.194 e. The molecule has 0 amide bonds.